The van der Waals surface area contributed by atoms with E-state index >= 15 is 0 Å². The van der Waals surface area contributed by atoms with Crippen LogP contribution in [0.3, 0.4) is 0 Å². The van der Waals surface area contributed by atoms with Crippen LogP contribution in [-0.4, -0.2) is 49.6 Å². The van der Waals surface area contributed by atoms with Crippen LogP contribution in [0.25, 0.3) is 0 Å². The van der Waals surface area contributed by atoms with Gasteiger partial charge in [-0.2, -0.15) is 11.8 Å². The first kappa shape index (κ1) is 10.8. The summed E-state index contributed by atoms with van der Waals surface area (Å²) >= 11 is 1.97. The fraction of sp³-hybridized carbons (Fsp3) is 1.00. The molecule has 0 aromatic heterocycles. The average Bonchev–Trinajstić information content (AvgIpc) is 2.72. The lowest BCUT2D eigenvalue weighted by atomic mass is 10.0. The molecule has 2 aliphatic rings. The summed E-state index contributed by atoms with van der Waals surface area (Å²) in [5.41, 5.74) is 0. The smallest absolute Gasteiger partial charge is 0.00255 e. The number of hydrogen-bond donors (Lipinski definition) is 1. The van der Waals surface area contributed by atoms with E-state index in [9.17, 15) is 0 Å². The predicted octanol–water partition coefficient (Wildman–Crippen LogP) is 1.28. The van der Waals surface area contributed by atoms with E-state index < -0.39 is 0 Å². The van der Waals surface area contributed by atoms with Crippen molar-refractivity contribution in [1.29, 1.82) is 0 Å². The number of nitrogens with zero attached hydrogens (tertiary/aromatic N) is 1. The van der Waals surface area contributed by atoms with Crippen molar-refractivity contribution < 1.29 is 0 Å². The van der Waals surface area contributed by atoms with Crippen LogP contribution in [0.5, 0.6) is 0 Å². The van der Waals surface area contributed by atoms with Crippen molar-refractivity contribution in [1.82, 2.24) is 10.2 Å². The molecule has 0 spiro atoms. The summed E-state index contributed by atoms with van der Waals surface area (Å²) in [6.45, 7) is 6.60. The van der Waals surface area contributed by atoms with Gasteiger partial charge in [-0.05, 0) is 56.3 Å². The molecular weight excluding hydrogens is 192 g/mol. The minimum atomic E-state index is 0.968. The van der Waals surface area contributed by atoms with E-state index in [-0.39, 0.29) is 0 Å². The molecule has 2 aliphatic heterocycles. The summed E-state index contributed by atoms with van der Waals surface area (Å²) in [5.74, 6) is 3.27. The van der Waals surface area contributed by atoms with Gasteiger partial charge < -0.3 is 10.2 Å². The normalized spacial score (nSPS) is 32.4. The lowest BCUT2D eigenvalue weighted by Crippen LogP contribution is -2.26. The average molecular weight is 214 g/mol. The highest BCUT2D eigenvalue weighted by molar-refractivity contribution is 7.98. The maximum Gasteiger partial charge on any atom is 0.00255 e. The second-order valence-corrected chi connectivity index (χ2v) is 5.62. The third-order valence-corrected chi connectivity index (χ3v) is 4.23. The zero-order valence-corrected chi connectivity index (χ0v) is 9.98. The molecule has 3 heteroatoms. The first-order chi connectivity index (χ1) is 6.90. The maximum atomic E-state index is 3.49. The number of hydrogen-bond acceptors (Lipinski definition) is 3. The fourth-order valence-electron chi connectivity index (χ4n) is 2.72. The van der Waals surface area contributed by atoms with Gasteiger partial charge in [-0.15, -0.1) is 0 Å². The Balaban J connectivity index is 1.60. The molecule has 2 heterocycles. The summed E-state index contributed by atoms with van der Waals surface area (Å²) in [7, 11) is 0. The zero-order valence-electron chi connectivity index (χ0n) is 9.17. The Morgan fingerprint density at radius 2 is 1.93 bits per heavy atom. The highest BCUT2D eigenvalue weighted by Gasteiger charge is 2.35. The third kappa shape index (κ3) is 2.65. The zero-order chi connectivity index (χ0) is 9.80. The largest absolute Gasteiger partial charge is 0.316 e. The first-order valence-corrected chi connectivity index (χ1v) is 7.21. The van der Waals surface area contributed by atoms with E-state index in [4.69, 9.17) is 0 Å². The molecule has 0 bridgehead atoms. The molecule has 0 amide bonds. The maximum absolute atomic E-state index is 3.49. The van der Waals surface area contributed by atoms with Gasteiger partial charge in [0, 0.05) is 13.1 Å². The number of thioether (sulfide) groups is 1. The second kappa shape index (κ2) is 5.38. The Morgan fingerprint density at radius 1 is 1.21 bits per heavy atom. The van der Waals surface area contributed by atoms with Gasteiger partial charge in [0.05, 0.1) is 0 Å². The third-order valence-electron chi connectivity index (χ3n) is 3.54. The minimum absolute atomic E-state index is 0.968. The van der Waals surface area contributed by atoms with Crippen LogP contribution in [0.15, 0.2) is 0 Å². The van der Waals surface area contributed by atoms with Crippen LogP contribution in [0.1, 0.15) is 12.8 Å². The quantitative estimate of drug-likeness (QED) is 0.694. The Hall–Kier alpha value is 0.270. The van der Waals surface area contributed by atoms with Gasteiger partial charge >= 0.3 is 0 Å². The lowest BCUT2D eigenvalue weighted by molar-refractivity contribution is 0.308. The predicted molar refractivity (Wildman–Crippen MR) is 63.9 cm³/mol. The highest BCUT2D eigenvalue weighted by Crippen LogP contribution is 2.26. The summed E-state index contributed by atoms with van der Waals surface area (Å²) in [6.07, 6.45) is 4.99. The summed E-state index contributed by atoms with van der Waals surface area (Å²) in [5, 5.41) is 3.49. The van der Waals surface area contributed by atoms with Crippen LogP contribution in [0, 0.1) is 11.8 Å². The first-order valence-electron chi connectivity index (χ1n) is 5.82. The SMILES string of the molecule is CSCCCCN1CC2CNCC2C1. The van der Waals surface area contributed by atoms with Gasteiger partial charge in [-0.3, -0.25) is 0 Å². The number of likely N-dealkylation sites (tertiary alicyclic amines) is 1. The minimum Gasteiger partial charge on any atom is -0.316 e. The van der Waals surface area contributed by atoms with E-state index in [1.54, 1.807) is 0 Å². The van der Waals surface area contributed by atoms with E-state index in [0.717, 1.165) is 11.8 Å². The van der Waals surface area contributed by atoms with Crippen LogP contribution < -0.4 is 5.32 Å². The Morgan fingerprint density at radius 3 is 2.57 bits per heavy atom. The van der Waals surface area contributed by atoms with Crippen molar-refractivity contribution in [3.63, 3.8) is 0 Å². The molecule has 0 aromatic carbocycles. The van der Waals surface area contributed by atoms with Crippen molar-refractivity contribution >= 4 is 11.8 Å². The molecule has 82 valence electrons. The van der Waals surface area contributed by atoms with E-state index in [1.807, 2.05) is 11.8 Å². The second-order valence-electron chi connectivity index (χ2n) is 4.64. The van der Waals surface area contributed by atoms with Crippen LogP contribution in [0.4, 0.5) is 0 Å². The summed E-state index contributed by atoms with van der Waals surface area (Å²) in [6, 6.07) is 0. The lowest BCUT2D eigenvalue weighted by Gasteiger charge is -2.16. The molecule has 1 N–H and O–H groups in total. The number of rotatable bonds is 5. The van der Waals surface area contributed by atoms with Crippen LogP contribution >= 0.6 is 11.8 Å². The van der Waals surface area contributed by atoms with Crippen molar-refractivity contribution in [3.8, 4) is 0 Å². The highest BCUT2D eigenvalue weighted by atomic mass is 32.2. The molecule has 0 aromatic rings. The van der Waals surface area contributed by atoms with Crippen molar-refractivity contribution in [2.45, 2.75) is 12.8 Å². The van der Waals surface area contributed by atoms with Crippen molar-refractivity contribution in [2.75, 3.05) is 44.7 Å². The van der Waals surface area contributed by atoms with E-state index in [1.165, 1.54) is 51.3 Å². The van der Waals surface area contributed by atoms with Gasteiger partial charge in [0.2, 0.25) is 0 Å². The van der Waals surface area contributed by atoms with E-state index in [2.05, 4.69) is 16.5 Å². The van der Waals surface area contributed by atoms with Gasteiger partial charge in [0.15, 0.2) is 0 Å². The monoisotopic (exact) mass is 214 g/mol. The summed E-state index contributed by atoms with van der Waals surface area (Å²) < 4.78 is 0. The molecule has 2 rings (SSSR count). The molecular formula is C11H22N2S. The van der Waals surface area contributed by atoms with Crippen molar-refractivity contribution in [3.05, 3.63) is 0 Å². The topological polar surface area (TPSA) is 15.3 Å². The fourth-order valence-corrected chi connectivity index (χ4v) is 3.21. The van der Waals surface area contributed by atoms with Gasteiger partial charge in [-0.1, -0.05) is 0 Å². The van der Waals surface area contributed by atoms with Crippen molar-refractivity contribution in [2.24, 2.45) is 11.8 Å². The van der Waals surface area contributed by atoms with E-state index in [0.29, 0.717) is 0 Å². The van der Waals surface area contributed by atoms with Crippen LogP contribution in [0.2, 0.25) is 0 Å². The summed E-state index contributed by atoms with van der Waals surface area (Å²) in [4.78, 5) is 2.68. The Bertz CT molecular complexity index is 163. The van der Waals surface area contributed by atoms with Gasteiger partial charge in [0.25, 0.3) is 0 Å². The van der Waals surface area contributed by atoms with Crippen LogP contribution in [-0.2, 0) is 0 Å². The molecule has 0 saturated carbocycles. The molecule has 2 atom stereocenters. The molecule has 2 saturated heterocycles. The Kier molecular flexibility index (Phi) is 4.14. The molecule has 2 fully saturated rings. The molecule has 2 unspecified atom stereocenters. The molecule has 0 aliphatic carbocycles. The molecule has 0 radical (unpaired) electrons. The Labute approximate surface area is 91.8 Å². The van der Waals surface area contributed by atoms with Gasteiger partial charge in [0.1, 0.15) is 0 Å². The number of fused-ring (bicyclic) bond motifs is 1. The molecule has 14 heavy (non-hydrogen) atoms. The molecule has 2 nitrogen and oxygen atoms in total. The number of unbranched alkanes of at least 4 members (excludes halogenated alkanes) is 1. The van der Waals surface area contributed by atoms with Gasteiger partial charge in [-0.25, -0.2) is 0 Å². The standard InChI is InChI=1S/C11H22N2S/c1-14-5-3-2-4-13-8-10-6-12-7-11(10)9-13/h10-12H,2-9H2,1H3. The number of nitrogens with one attached hydrogen (secondary N) is 1.